The second kappa shape index (κ2) is 4.97. The smallest absolute Gasteiger partial charge is 0.248 e. The Bertz CT molecular complexity index is 355. The summed E-state index contributed by atoms with van der Waals surface area (Å²) in [5.41, 5.74) is 0.714. The van der Waals surface area contributed by atoms with Crippen molar-refractivity contribution in [2.75, 3.05) is 5.32 Å². The topological polar surface area (TPSA) is 46.2 Å². The first kappa shape index (κ1) is 10.2. The number of ketones is 1. The van der Waals surface area contributed by atoms with Crippen molar-refractivity contribution in [3.8, 4) is 0 Å². The molecule has 0 bridgehead atoms. The summed E-state index contributed by atoms with van der Waals surface area (Å²) in [6.45, 7) is 1.40. The molecule has 3 nitrogen and oxygen atoms in total. The van der Waals surface area contributed by atoms with Gasteiger partial charge in [-0.05, 0) is 25.1 Å². The molecule has 14 heavy (non-hydrogen) atoms. The predicted octanol–water partition coefficient (Wildman–Crippen LogP) is 1.77. The lowest BCUT2D eigenvalue weighted by Crippen LogP contribution is -2.07. The number of carbonyl (C=O) groups is 2. The molecular formula is C11H11NO2. The van der Waals surface area contributed by atoms with E-state index >= 15 is 0 Å². The van der Waals surface area contributed by atoms with Crippen molar-refractivity contribution in [1.82, 2.24) is 0 Å². The van der Waals surface area contributed by atoms with Gasteiger partial charge in [0.2, 0.25) is 5.91 Å². The number of amides is 1. The van der Waals surface area contributed by atoms with E-state index in [9.17, 15) is 9.59 Å². The molecule has 72 valence electrons. The van der Waals surface area contributed by atoms with Crippen LogP contribution in [0.15, 0.2) is 42.5 Å². The van der Waals surface area contributed by atoms with Crippen LogP contribution in [0.25, 0.3) is 0 Å². The van der Waals surface area contributed by atoms with Crippen molar-refractivity contribution >= 4 is 17.4 Å². The molecule has 0 saturated carbocycles. The SMILES string of the molecule is CC(=O)/C=C\C(=O)Nc1ccccc1. The van der Waals surface area contributed by atoms with Gasteiger partial charge in [-0.2, -0.15) is 0 Å². The summed E-state index contributed by atoms with van der Waals surface area (Å²) >= 11 is 0. The highest BCUT2D eigenvalue weighted by molar-refractivity contribution is 6.03. The van der Waals surface area contributed by atoms with Gasteiger partial charge in [0.1, 0.15) is 0 Å². The zero-order valence-electron chi connectivity index (χ0n) is 7.86. The highest BCUT2D eigenvalue weighted by Gasteiger charge is 1.95. The molecule has 0 aliphatic carbocycles. The highest BCUT2D eigenvalue weighted by atomic mass is 16.1. The quantitative estimate of drug-likeness (QED) is 0.736. The highest BCUT2D eigenvalue weighted by Crippen LogP contribution is 2.04. The van der Waals surface area contributed by atoms with E-state index in [0.717, 1.165) is 0 Å². The van der Waals surface area contributed by atoms with Gasteiger partial charge in [0.15, 0.2) is 5.78 Å². The summed E-state index contributed by atoms with van der Waals surface area (Å²) in [7, 11) is 0. The first-order valence-corrected chi connectivity index (χ1v) is 4.23. The van der Waals surface area contributed by atoms with Crippen molar-refractivity contribution in [3.63, 3.8) is 0 Å². The average Bonchev–Trinajstić information content (AvgIpc) is 2.16. The van der Waals surface area contributed by atoms with E-state index in [4.69, 9.17) is 0 Å². The number of allylic oxidation sites excluding steroid dienone is 1. The Morgan fingerprint density at radius 1 is 1.14 bits per heavy atom. The third-order valence-electron chi connectivity index (χ3n) is 1.51. The van der Waals surface area contributed by atoms with Crippen molar-refractivity contribution in [2.45, 2.75) is 6.92 Å². The van der Waals surface area contributed by atoms with Gasteiger partial charge >= 0.3 is 0 Å². The molecule has 0 fully saturated rings. The molecule has 0 radical (unpaired) electrons. The summed E-state index contributed by atoms with van der Waals surface area (Å²) in [6.07, 6.45) is 2.45. The van der Waals surface area contributed by atoms with Crippen molar-refractivity contribution in [1.29, 1.82) is 0 Å². The van der Waals surface area contributed by atoms with Crippen LogP contribution in [0, 0.1) is 0 Å². The maximum absolute atomic E-state index is 11.2. The Labute approximate surface area is 82.4 Å². The number of rotatable bonds is 3. The number of nitrogens with one attached hydrogen (secondary N) is 1. The minimum atomic E-state index is -0.300. The van der Waals surface area contributed by atoms with E-state index in [2.05, 4.69) is 5.32 Å². The fraction of sp³-hybridized carbons (Fsp3) is 0.0909. The molecule has 0 spiro atoms. The van der Waals surface area contributed by atoms with Gasteiger partial charge in [0.25, 0.3) is 0 Å². The maximum Gasteiger partial charge on any atom is 0.248 e. The third-order valence-corrected chi connectivity index (χ3v) is 1.51. The van der Waals surface area contributed by atoms with Gasteiger partial charge in [0.05, 0.1) is 0 Å². The summed E-state index contributed by atoms with van der Waals surface area (Å²) in [5.74, 6) is -0.445. The average molecular weight is 189 g/mol. The van der Waals surface area contributed by atoms with Crippen LogP contribution in [0.2, 0.25) is 0 Å². The molecule has 1 rings (SSSR count). The monoisotopic (exact) mass is 189 g/mol. The van der Waals surface area contributed by atoms with Crippen LogP contribution in [-0.2, 0) is 9.59 Å². The van der Waals surface area contributed by atoms with Crippen molar-refractivity contribution < 1.29 is 9.59 Å². The molecule has 1 N–H and O–H groups in total. The lowest BCUT2D eigenvalue weighted by molar-refractivity contribution is -0.114. The number of carbonyl (C=O) groups excluding carboxylic acids is 2. The predicted molar refractivity (Wildman–Crippen MR) is 54.9 cm³/mol. The minimum absolute atomic E-state index is 0.145. The molecule has 0 heterocycles. The van der Waals surface area contributed by atoms with E-state index in [1.165, 1.54) is 19.1 Å². The van der Waals surface area contributed by atoms with Gasteiger partial charge in [0, 0.05) is 11.8 Å². The lowest BCUT2D eigenvalue weighted by atomic mass is 10.3. The van der Waals surface area contributed by atoms with Crippen LogP contribution in [0.4, 0.5) is 5.69 Å². The normalized spacial score (nSPS) is 10.1. The molecular weight excluding hydrogens is 178 g/mol. The zero-order chi connectivity index (χ0) is 10.4. The van der Waals surface area contributed by atoms with Gasteiger partial charge in [-0.15, -0.1) is 0 Å². The molecule has 0 aromatic heterocycles. The molecule has 0 saturated heterocycles. The van der Waals surface area contributed by atoms with Crippen LogP contribution in [-0.4, -0.2) is 11.7 Å². The van der Waals surface area contributed by atoms with Crippen LogP contribution in [0.5, 0.6) is 0 Å². The molecule has 0 aliphatic heterocycles. The van der Waals surface area contributed by atoms with Gasteiger partial charge < -0.3 is 5.32 Å². The van der Waals surface area contributed by atoms with Crippen LogP contribution < -0.4 is 5.32 Å². The van der Waals surface area contributed by atoms with Crippen LogP contribution in [0.3, 0.4) is 0 Å². The molecule has 1 aromatic carbocycles. The zero-order valence-corrected chi connectivity index (χ0v) is 7.86. The summed E-state index contributed by atoms with van der Waals surface area (Å²) < 4.78 is 0. The van der Waals surface area contributed by atoms with E-state index in [1.54, 1.807) is 12.1 Å². The number of benzene rings is 1. The van der Waals surface area contributed by atoms with Gasteiger partial charge in [-0.25, -0.2) is 0 Å². The third kappa shape index (κ3) is 3.67. The standard InChI is InChI=1S/C11H11NO2/c1-9(13)7-8-11(14)12-10-5-3-2-4-6-10/h2-8H,1H3,(H,12,14)/b8-7-. The molecule has 1 amide bonds. The summed E-state index contributed by atoms with van der Waals surface area (Å²) in [6, 6.07) is 9.06. The van der Waals surface area contributed by atoms with Crippen molar-refractivity contribution in [3.05, 3.63) is 42.5 Å². The summed E-state index contributed by atoms with van der Waals surface area (Å²) in [4.78, 5) is 21.7. The van der Waals surface area contributed by atoms with Gasteiger partial charge in [-0.1, -0.05) is 18.2 Å². The van der Waals surface area contributed by atoms with E-state index < -0.39 is 0 Å². The Morgan fingerprint density at radius 2 is 1.79 bits per heavy atom. The first-order valence-electron chi connectivity index (χ1n) is 4.23. The Morgan fingerprint density at radius 3 is 2.36 bits per heavy atom. The van der Waals surface area contributed by atoms with E-state index in [0.29, 0.717) is 5.69 Å². The van der Waals surface area contributed by atoms with E-state index in [-0.39, 0.29) is 11.7 Å². The molecule has 0 atom stereocenters. The second-order valence-electron chi connectivity index (χ2n) is 2.80. The number of hydrogen-bond donors (Lipinski definition) is 1. The largest absolute Gasteiger partial charge is 0.323 e. The lowest BCUT2D eigenvalue weighted by Gasteiger charge is -1.99. The molecule has 1 aromatic rings. The van der Waals surface area contributed by atoms with E-state index in [1.807, 2.05) is 18.2 Å². The van der Waals surface area contributed by atoms with Crippen LogP contribution >= 0.6 is 0 Å². The maximum atomic E-state index is 11.2. The Kier molecular flexibility index (Phi) is 3.61. The second-order valence-corrected chi connectivity index (χ2v) is 2.80. The fourth-order valence-electron chi connectivity index (χ4n) is 0.898. The summed E-state index contributed by atoms with van der Waals surface area (Å²) in [5, 5.41) is 2.62. The molecule has 0 aliphatic rings. The number of hydrogen-bond acceptors (Lipinski definition) is 2. The fourth-order valence-corrected chi connectivity index (χ4v) is 0.898. The van der Waals surface area contributed by atoms with Gasteiger partial charge in [-0.3, -0.25) is 9.59 Å². The molecule has 0 unspecified atom stereocenters. The number of anilines is 1. The number of para-hydroxylation sites is 1. The molecule has 3 heteroatoms. The van der Waals surface area contributed by atoms with Crippen molar-refractivity contribution in [2.24, 2.45) is 0 Å². The Balaban J connectivity index is 2.54. The minimum Gasteiger partial charge on any atom is -0.323 e. The van der Waals surface area contributed by atoms with Crippen LogP contribution in [0.1, 0.15) is 6.92 Å². The first-order chi connectivity index (χ1) is 6.68. The Hall–Kier alpha value is -1.90.